The van der Waals surface area contributed by atoms with Crippen LogP contribution in [0.5, 0.6) is 0 Å². The van der Waals surface area contributed by atoms with Crippen LogP contribution in [0.1, 0.15) is 0 Å². The number of hydrogen-bond donors (Lipinski definition) is 0. The highest BCUT2D eigenvalue weighted by atomic mass is 35.5. The first kappa shape index (κ1) is 9.88. The van der Waals surface area contributed by atoms with Crippen molar-refractivity contribution in [2.24, 2.45) is 5.10 Å². The van der Waals surface area contributed by atoms with Crippen molar-refractivity contribution in [1.82, 2.24) is 5.01 Å². The van der Waals surface area contributed by atoms with Crippen molar-refractivity contribution in [3.8, 4) is 0 Å². The van der Waals surface area contributed by atoms with Crippen molar-refractivity contribution < 1.29 is 9.59 Å². The van der Waals surface area contributed by atoms with Crippen molar-refractivity contribution in [1.29, 1.82) is 0 Å². The SMILES string of the molecule is CSC1=NN(C(=O)Cl)C(=O)CS1. The summed E-state index contributed by atoms with van der Waals surface area (Å²) < 4.78 is 0.670. The number of amides is 2. The van der Waals surface area contributed by atoms with E-state index >= 15 is 0 Å². The maximum atomic E-state index is 11.0. The fourth-order valence-electron chi connectivity index (χ4n) is 0.588. The van der Waals surface area contributed by atoms with Crippen LogP contribution in [0.15, 0.2) is 5.10 Å². The third-order valence-corrected chi connectivity index (χ3v) is 3.24. The van der Waals surface area contributed by atoms with Crippen LogP contribution in [0, 0.1) is 0 Å². The van der Waals surface area contributed by atoms with Crippen molar-refractivity contribution >= 4 is 50.8 Å². The van der Waals surface area contributed by atoms with Gasteiger partial charge in [-0.25, -0.2) is 0 Å². The number of hydrogen-bond acceptors (Lipinski definition) is 5. The van der Waals surface area contributed by atoms with Crippen molar-refractivity contribution in [3.05, 3.63) is 0 Å². The zero-order valence-corrected chi connectivity index (χ0v) is 8.50. The molecule has 1 heterocycles. The van der Waals surface area contributed by atoms with Gasteiger partial charge in [-0.2, -0.15) is 5.01 Å². The van der Waals surface area contributed by atoms with Gasteiger partial charge in [-0.1, -0.05) is 11.8 Å². The van der Waals surface area contributed by atoms with Crippen LogP contribution in [-0.2, 0) is 4.79 Å². The Morgan fingerprint density at radius 3 is 3.00 bits per heavy atom. The maximum absolute atomic E-state index is 11.0. The molecule has 4 nitrogen and oxygen atoms in total. The molecule has 0 aromatic rings. The molecule has 0 aliphatic carbocycles. The predicted octanol–water partition coefficient (Wildman–Crippen LogP) is 1.55. The largest absolute Gasteiger partial charge is 0.343 e. The molecular weight excluding hydrogens is 220 g/mol. The van der Waals surface area contributed by atoms with E-state index in [4.69, 9.17) is 11.6 Å². The fraction of sp³-hybridized carbons (Fsp3) is 0.400. The van der Waals surface area contributed by atoms with Gasteiger partial charge in [0.1, 0.15) is 0 Å². The zero-order chi connectivity index (χ0) is 9.14. The molecule has 0 bridgehead atoms. The van der Waals surface area contributed by atoms with Gasteiger partial charge in [-0.15, -0.1) is 16.9 Å². The highest BCUT2D eigenvalue weighted by Gasteiger charge is 2.24. The van der Waals surface area contributed by atoms with Crippen LogP contribution in [0.25, 0.3) is 0 Å². The number of imide groups is 1. The molecule has 0 spiro atoms. The fourth-order valence-corrected chi connectivity index (χ4v) is 2.04. The minimum atomic E-state index is -0.855. The van der Waals surface area contributed by atoms with E-state index in [1.165, 1.54) is 23.5 Å². The van der Waals surface area contributed by atoms with Gasteiger partial charge in [-0.3, -0.25) is 9.59 Å². The van der Waals surface area contributed by atoms with Crippen LogP contribution in [0.4, 0.5) is 4.79 Å². The Hall–Kier alpha value is -0.200. The minimum Gasteiger partial charge on any atom is -0.271 e. The summed E-state index contributed by atoms with van der Waals surface area (Å²) >= 11 is 7.79. The molecule has 0 N–H and O–H groups in total. The van der Waals surface area contributed by atoms with E-state index < -0.39 is 5.37 Å². The lowest BCUT2D eigenvalue weighted by Gasteiger charge is -2.17. The molecule has 0 aromatic carbocycles. The Labute approximate surface area is 82.7 Å². The molecule has 1 aliphatic rings. The molecule has 0 saturated heterocycles. The van der Waals surface area contributed by atoms with Crippen molar-refractivity contribution in [2.45, 2.75) is 0 Å². The monoisotopic (exact) mass is 224 g/mol. The second kappa shape index (κ2) is 4.15. The van der Waals surface area contributed by atoms with Crippen LogP contribution in [0.3, 0.4) is 0 Å². The van der Waals surface area contributed by atoms with E-state index in [9.17, 15) is 9.59 Å². The van der Waals surface area contributed by atoms with Gasteiger partial charge in [-0.05, 0) is 17.9 Å². The van der Waals surface area contributed by atoms with Gasteiger partial charge in [0.15, 0.2) is 4.38 Å². The Morgan fingerprint density at radius 1 is 1.83 bits per heavy atom. The van der Waals surface area contributed by atoms with Crippen molar-refractivity contribution in [3.63, 3.8) is 0 Å². The van der Waals surface area contributed by atoms with E-state index in [1.807, 2.05) is 6.26 Å². The van der Waals surface area contributed by atoms with Gasteiger partial charge < -0.3 is 0 Å². The molecule has 2 amide bonds. The number of carbonyl (C=O) groups excluding carboxylic acids is 2. The highest BCUT2D eigenvalue weighted by molar-refractivity contribution is 8.38. The van der Waals surface area contributed by atoms with Crippen LogP contribution in [-0.4, -0.2) is 32.7 Å². The summed E-state index contributed by atoms with van der Waals surface area (Å²) in [6.45, 7) is 0. The van der Waals surface area contributed by atoms with Gasteiger partial charge in [0.2, 0.25) is 0 Å². The molecule has 1 aliphatic heterocycles. The van der Waals surface area contributed by atoms with Crippen LogP contribution in [0.2, 0.25) is 0 Å². The smallest absolute Gasteiger partial charge is 0.271 e. The van der Waals surface area contributed by atoms with E-state index in [2.05, 4.69) is 5.10 Å². The molecule has 66 valence electrons. The van der Waals surface area contributed by atoms with E-state index in [0.717, 1.165) is 0 Å². The molecule has 0 fully saturated rings. The third-order valence-electron chi connectivity index (χ3n) is 1.08. The Balaban J connectivity index is 2.82. The molecule has 1 rings (SSSR count). The summed E-state index contributed by atoms with van der Waals surface area (Å²) in [5.41, 5.74) is 0. The van der Waals surface area contributed by atoms with Gasteiger partial charge in [0.25, 0.3) is 5.91 Å². The van der Waals surface area contributed by atoms with Gasteiger partial charge in [0.05, 0.1) is 5.75 Å². The number of rotatable bonds is 0. The molecule has 12 heavy (non-hydrogen) atoms. The quantitative estimate of drug-likeness (QED) is 0.463. The molecule has 0 aromatic heterocycles. The Morgan fingerprint density at radius 2 is 2.50 bits per heavy atom. The van der Waals surface area contributed by atoms with E-state index in [1.54, 1.807) is 0 Å². The Kier molecular flexibility index (Phi) is 3.42. The first-order valence-electron chi connectivity index (χ1n) is 2.93. The lowest BCUT2D eigenvalue weighted by atomic mass is 10.7. The number of nitrogens with zero attached hydrogens (tertiary/aromatic N) is 2. The number of hydrazone groups is 1. The van der Waals surface area contributed by atoms with Gasteiger partial charge in [0, 0.05) is 0 Å². The first-order valence-corrected chi connectivity index (χ1v) is 5.52. The number of carbonyl (C=O) groups is 2. The molecule has 7 heteroatoms. The molecule has 0 saturated carbocycles. The van der Waals surface area contributed by atoms with Crippen molar-refractivity contribution in [2.75, 3.05) is 12.0 Å². The molecule has 0 unspecified atom stereocenters. The standard InChI is InChI=1S/C5H5ClN2O2S2/c1-11-5-7-8(4(6)10)3(9)2-12-5/h2H2,1H3. The molecular formula is C5H5ClN2O2S2. The normalized spacial score (nSPS) is 17.7. The maximum Gasteiger partial charge on any atom is 0.343 e. The average molecular weight is 225 g/mol. The summed E-state index contributed by atoms with van der Waals surface area (Å²) in [4.78, 5) is 21.6. The third kappa shape index (κ3) is 2.15. The molecule has 0 atom stereocenters. The number of halogens is 1. The summed E-state index contributed by atoms with van der Waals surface area (Å²) in [5.74, 6) is -0.157. The molecule has 0 radical (unpaired) electrons. The van der Waals surface area contributed by atoms with E-state index in [0.29, 0.717) is 9.38 Å². The lowest BCUT2D eigenvalue weighted by Crippen LogP contribution is -2.33. The second-order valence-electron chi connectivity index (χ2n) is 1.82. The summed E-state index contributed by atoms with van der Waals surface area (Å²) in [5, 5.41) is 3.56. The van der Waals surface area contributed by atoms with Gasteiger partial charge >= 0.3 is 5.37 Å². The van der Waals surface area contributed by atoms with E-state index in [-0.39, 0.29) is 11.7 Å². The minimum absolute atomic E-state index is 0.220. The summed E-state index contributed by atoms with van der Waals surface area (Å²) in [7, 11) is 0. The average Bonchev–Trinajstić information content (AvgIpc) is 2.05. The summed E-state index contributed by atoms with van der Waals surface area (Å²) in [6, 6.07) is 0. The lowest BCUT2D eigenvalue weighted by molar-refractivity contribution is -0.125. The second-order valence-corrected chi connectivity index (χ2v) is 4.16. The number of thioether (sulfide) groups is 2. The zero-order valence-electron chi connectivity index (χ0n) is 6.11. The topological polar surface area (TPSA) is 49.7 Å². The van der Waals surface area contributed by atoms with Crippen LogP contribution < -0.4 is 0 Å². The Bertz CT molecular complexity index is 256. The first-order chi connectivity index (χ1) is 5.65. The summed E-state index contributed by atoms with van der Waals surface area (Å²) in [6.07, 6.45) is 1.82. The van der Waals surface area contributed by atoms with Crippen LogP contribution >= 0.6 is 35.1 Å². The highest BCUT2D eigenvalue weighted by Crippen LogP contribution is 2.21. The predicted molar refractivity (Wildman–Crippen MR) is 51.5 cm³/mol.